The molecule has 0 spiro atoms. The Kier molecular flexibility index (Phi) is 3.21. The van der Waals surface area contributed by atoms with Crippen molar-refractivity contribution >= 4 is 11.6 Å². The van der Waals surface area contributed by atoms with Crippen molar-refractivity contribution in [3.8, 4) is 11.1 Å². The van der Waals surface area contributed by atoms with Crippen LogP contribution in [0.4, 0.5) is 0 Å². The molecule has 4 heteroatoms. The van der Waals surface area contributed by atoms with E-state index in [0.29, 0.717) is 0 Å². The second-order valence-electron chi connectivity index (χ2n) is 4.48. The van der Waals surface area contributed by atoms with Crippen LogP contribution in [-0.4, -0.2) is 25.3 Å². The van der Waals surface area contributed by atoms with E-state index in [1.807, 2.05) is 36.4 Å². The average Bonchev–Trinajstić information content (AvgIpc) is 2.82. The van der Waals surface area contributed by atoms with Gasteiger partial charge in [-0.15, -0.1) is 0 Å². The summed E-state index contributed by atoms with van der Waals surface area (Å²) < 4.78 is 0. The summed E-state index contributed by atoms with van der Waals surface area (Å²) in [6.45, 7) is -0.0790. The van der Waals surface area contributed by atoms with E-state index in [2.05, 4.69) is 22.6 Å². The van der Waals surface area contributed by atoms with Crippen LogP contribution in [0.2, 0.25) is 0 Å². The first-order valence-corrected chi connectivity index (χ1v) is 6.41. The summed E-state index contributed by atoms with van der Waals surface area (Å²) in [4.78, 5) is 16.3. The van der Waals surface area contributed by atoms with Gasteiger partial charge in [-0.3, -0.25) is 4.79 Å². The van der Waals surface area contributed by atoms with E-state index in [0.717, 1.165) is 28.0 Å². The fourth-order valence-electron chi connectivity index (χ4n) is 2.32. The highest BCUT2D eigenvalue weighted by molar-refractivity contribution is 6.24. The van der Waals surface area contributed by atoms with Crippen molar-refractivity contribution in [1.29, 1.82) is 0 Å². The predicted octanol–water partition coefficient (Wildman–Crippen LogP) is 2.18. The number of carbonyl (C=O) groups is 1. The van der Waals surface area contributed by atoms with Crippen LogP contribution in [-0.2, 0) is 9.63 Å². The lowest BCUT2D eigenvalue weighted by Crippen LogP contribution is -2.22. The topological polar surface area (TPSA) is 50.7 Å². The number of hydrogen-bond donors (Lipinski definition) is 1. The van der Waals surface area contributed by atoms with E-state index < -0.39 is 0 Å². The molecular formula is C16H14N2O2. The maximum atomic E-state index is 11.2. The van der Waals surface area contributed by atoms with Gasteiger partial charge >= 0.3 is 0 Å². The Morgan fingerprint density at radius 1 is 1.00 bits per heavy atom. The third-order valence-corrected chi connectivity index (χ3v) is 3.28. The van der Waals surface area contributed by atoms with Crippen LogP contribution in [0.5, 0.6) is 0 Å². The SMILES string of the molecule is CNC(=O)CON=C1c2ccccc2-c2ccccc21. The molecule has 1 aliphatic rings. The molecule has 4 nitrogen and oxygen atoms in total. The van der Waals surface area contributed by atoms with Gasteiger partial charge in [0.2, 0.25) is 0 Å². The third-order valence-electron chi connectivity index (χ3n) is 3.28. The summed E-state index contributed by atoms with van der Waals surface area (Å²) in [5.41, 5.74) is 5.13. The largest absolute Gasteiger partial charge is 0.385 e. The molecule has 0 fully saturated rings. The summed E-state index contributed by atoms with van der Waals surface area (Å²) in [5.74, 6) is -0.200. The second-order valence-corrected chi connectivity index (χ2v) is 4.48. The summed E-state index contributed by atoms with van der Waals surface area (Å²) in [6, 6.07) is 16.1. The number of amides is 1. The van der Waals surface area contributed by atoms with Gasteiger partial charge < -0.3 is 10.2 Å². The monoisotopic (exact) mass is 266 g/mol. The highest BCUT2D eigenvalue weighted by Gasteiger charge is 2.24. The van der Waals surface area contributed by atoms with E-state index >= 15 is 0 Å². The molecule has 2 aromatic rings. The molecule has 0 radical (unpaired) electrons. The first-order valence-electron chi connectivity index (χ1n) is 6.41. The molecule has 0 aromatic heterocycles. The number of hydrogen-bond acceptors (Lipinski definition) is 3. The highest BCUT2D eigenvalue weighted by atomic mass is 16.6. The van der Waals surface area contributed by atoms with Crippen LogP contribution in [0.3, 0.4) is 0 Å². The van der Waals surface area contributed by atoms with Crippen molar-refractivity contribution in [1.82, 2.24) is 5.32 Å². The summed E-state index contributed by atoms with van der Waals surface area (Å²) in [6.07, 6.45) is 0. The van der Waals surface area contributed by atoms with Gasteiger partial charge in [0.25, 0.3) is 5.91 Å². The zero-order chi connectivity index (χ0) is 13.9. The number of nitrogens with one attached hydrogen (secondary N) is 1. The molecular weight excluding hydrogens is 252 g/mol. The minimum absolute atomic E-state index is 0.0790. The minimum atomic E-state index is -0.200. The molecule has 0 atom stereocenters. The van der Waals surface area contributed by atoms with Gasteiger partial charge in [-0.2, -0.15) is 0 Å². The van der Waals surface area contributed by atoms with Crippen LogP contribution < -0.4 is 5.32 Å². The van der Waals surface area contributed by atoms with Gasteiger partial charge in [0, 0.05) is 18.2 Å². The number of benzene rings is 2. The number of fused-ring (bicyclic) bond motifs is 3. The number of oxime groups is 1. The lowest BCUT2D eigenvalue weighted by atomic mass is 10.1. The summed E-state index contributed by atoms with van der Waals surface area (Å²) in [7, 11) is 1.57. The van der Waals surface area contributed by atoms with Gasteiger partial charge in [-0.25, -0.2) is 0 Å². The van der Waals surface area contributed by atoms with Crippen LogP contribution in [0.1, 0.15) is 11.1 Å². The van der Waals surface area contributed by atoms with E-state index in [9.17, 15) is 4.79 Å². The standard InChI is InChI=1S/C16H14N2O2/c1-17-15(19)10-20-18-16-13-8-4-2-6-11(13)12-7-3-5-9-14(12)16/h2-9H,10H2,1H3,(H,17,19). The number of rotatable bonds is 3. The Hall–Kier alpha value is -2.62. The smallest absolute Gasteiger partial charge is 0.260 e. The minimum Gasteiger partial charge on any atom is -0.385 e. The molecule has 100 valence electrons. The highest BCUT2D eigenvalue weighted by Crippen LogP contribution is 2.36. The molecule has 0 heterocycles. The van der Waals surface area contributed by atoms with E-state index in [1.54, 1.807) is 7.05 Å². The molecule has 0 saturated heterocycles. The van der Waals surface area contributed by atoms with E-state index in [-0.39, 0.29) is 12.5 Å². The van der Waals surface area contributed by atoms with Crippen molar-refractivity contribution in [2.24, 2.45) is 5.16 Å². The van der Waals surface area contributed by atoms with Gasteiger partial charge in [0.05, 0.1) is 0 Å². The van der Waals surface area contributed by atoms with Gasteiger partial charge in [-0.1, -0.05) is 53.7 Å². The van der Waals surface area contributed by atoms with Gasteiger partial charge in [-0.05, 0) is 11.1 Å². The number of likely N-dealkylation sites (N-methyl/N-ethyl adjacent to an activating group) is 1. The van der Waals surface area contributed by atoms with Crippen LogP contribution in [0, 0.1) is 0 Å². The van der Waals surface area contributed by atoms with E-state index in [4.69, 9.17) is 4.84 Å². The molecule has 0 saturated carbocycles. The Morgan fingerprint density at radius 2 is 1.50 bits per heavy atom. The first-order chi connectivity index (χ1) is 9.81. The molecule has 1 amide bonds. The third kappa shape index (κ3) is 2.05. The maximum Gasteiger partial charge on any atom is 0.260 e. The predicted molar refractivity (Wildman–Crippen MR) is 77.5 cm³/mol. The molecule has 20 heavy (non-hydrogen) atoms. The fraction of sp³-hybridized carbons (Fsp3) is 0.125. The van der Waals surface area contributed by atoms with E-state index in [1.165, 1.54) is 0 Å². The van der Waals surface area contributed by atoms with Crippen LogP contribution in [0.15, 0.2) is 53.7 Å². The normalized spacial score (nSPS) is 11.6. The zero-order valence-electron chi connectivity index (χ0n) is 11.1. The Morgan fingerprint density at radius 3 is 2.00 bits per heavy atom. The fourth-order valence-corrected chi connectivity index (χ4v) is 2.32. The van der Waals surface area contributed by atoms with Crippen molar-refractivity contribution in [2.45, 2.75) is 0 Å². The molecule has 0 bridgehead atoms. The van der Waals surface area contributed by atoms with Crippen molar-refractivity contribution in [2.75, 3.05) is 13.7 Å². The Balaban J connectivity index is 1.99. The second kappa shape index (κ2) is 5.17. The molecule has 3 rings (SSSR count). The lowest BCUT2D eigenvalue weighted by molar-refractivity contribution is -0.125. The lowest BCUT2D eigenvalue weighted by Gasteiger charge is -2.02. The van der Waals surface area contributed by atoms with Crippen LogP contribution in [0.25, 0.3) is 11.1 Å². The molecule has 0 aliphatic heterocycles. The number of nitrogens with zero attached hydrogens (tertiary/aromatic N) is 1. The Bertz CT molecular complexity index is 645. The Labute approximate surface area is 117 Å². The molecule has 0 unspecified atom stereocenters. The number of carbonyl (C=O) groups excluding carboxylic acids is 1. The summed E-state index contributed by atoms with van der Waals surface area (Å²) in [5, 5.41) is 6.65. The quantitative estimate of drug-likeness (QED) is 0.739. The van der Waals surface area contributed by atoms with Crippen LogP contribution >= 0.6 is 0 Å². The first kappa shape index (κ1) is 12.4. The summed E-state index contributed by atoms with van der Waals surface area (Å²) >= 11 is 0. The molecule has 1 N–H and O–H groups in total. The zero-order valence-corrected chi connectivity index (χ0v) is 11.1. The molecule has 2 aromatic carbocycles. The maximum absolute atomic E-state index is 11.2. The van der Waals surface area contributed by atoms with Gasteiger partial charge in [0.1, 0.15) is 5.71 Å². The van der Waals surface area contributed by atoms with Gasteiger partial charge in [0.15, 0.2) is 6.61 Å². The van der Waals surface area contributed by atoms with Crippen molar-refractivity contribution in [3.63, 3.8) is 0 Å². The van der Waals surface area contributed by atoms with Crippen molar-refractivity contribution in [3.05, 3.63) is 59.7 Å². The average molecular weight is 266 g/mol. The molecule has 1 aliphatic carbocycles. The van der Waals surface area contributed by atoms with Crippen molar-refractivity contribution < 1.29 is 9.63 Å².